The van der Waals surface area contributed by atoms with Gasteiger partial charge in [-0.2, -0.15) is 0 Å². The Balaban J connectivity index is 0.000000272. The molecular weight excluding hydrogens is 294 g/mol. The minimum atomic E-state index is 0.535. The molecule has 2 heterocycles. The van der Waals surface area contributed by atoms with Crippen LogP contribution in [-0.2, 0) is 7.05 Å². The van der Waals surface area contributed by atoms with Gasteiger partial charge in [0.05, 0.1) is 0 Å². The zero-order valence-electron chi connectivity index (χ0n) is 14.7. The maximum absolute atomic E-state index is 5.45. The monoisotopic (exact) mass is 319 g/mol. The van der Waals surface area contributed by atoms with E-state index in [1.54, 1.807) is 12.3 Å². The molecule has 0 amide bonds. The summed E-state index contributed by atoms with van der Waals surface area (Å²) in [6.07, 6.45) is 19.8. The fourth-order valence-electron chi connectivity index (χ4n) is 2.25. The zero-order valence-corrected chi connectivity index (χ0v) is 14.7. The van der Waals surface area contributed by atoms with Gasteiger partial charge in [-0.15, -0.1) is 6.42 Å². The first-order valence-corrected chi connectivity index (χ1v) is 7.75. The third kappa shape index (κ3) is 5.66. The second kappa shape index (κ2) is 9.91. The van der Waals surface area contributed by atoms with Gasteiger partial charge in [-0.25, -0.2) is 4.98 Å². The van der Waals surface area contributed by atoms with Crippen LogP contribution >= 0.6 is 0 Å². The quantitative estimate of drug-likeness (QED) is 0.660. The van der Waals surface area contributed by atoms with Gasteiger partial charge >= 0.3 is 0 Å². The van der Waals surface area contributed by atoms with Crippen molar-refractivity contribution in [2.24, 2.45) is 7.05 Å². The van der Waals surface area contributed by atoms with Gasteiger partial charge in [0.1, 0.15) is 5.82 Å². The van der Waals surface area contributed by atoms with Gasteiger partial charge in [-0.1, -0.05) is 30.7 Å². The van der Waals surface area contributed by atoms with Crippen molar-refractivity contribution in [1.29, 1.82) is 0 Å². The summed E-state index contributed by atoms with van der Waals surface area (Å²) in [5.41, 5.74) is 10.0. The Kier molecular flexibility index (Phi) is 7.87. The third-order valence-electron chi connectivity index (χ3n) is 3.42. The number of anilines is 1. The lowest BCUT2D eigenvalue weighted by Gasteiger charge is -2.02. The highest BCUT2D eigenvalue weighted by Gasteiger charge is 2.05. The van der Waals surface area contributed by atoms with Gasteiger partial charge in [0.25, 0.3) is 0 Å². The molecule has 3 nitrogen and oxygen atoms in total. The van der Waals surface area contributed by atoms with Gasteiger partial charge in [0.15, 0.2) is 0 Å². The van der Waals surface area contributed by atoms with Crippen molar-refractivity contribution in [3.8, 4) is 12.3 Å². The first-order valence-electron chi connectivity index (χ1n) is 7.75. The van der Waals surface area contributed by atoms with Crippen LogP contribution in [0.3, 0.4) is 0 Å². The Bertz CT molecular complexity index is 771. The number of hydrogen-bond acceptors (Lipinski definition) is 2. The van der Waals surface area contributed by atoms with Crippen LogP contribution in [0.5, 0.6) is 0 Å². The number of terminal acetylenes is 1. The number of aryl methyl sites for hydroxylation is 2. The van der Waals surface area contributed by atoms with Crippen LogP contribution in [0, 0.1) is 19.3 Å². The molecule has 0 aliphatic carbocycles. The Morgan fingerprint density at radius 2 is 2.21 bits per heavy atom. The summed E-state index contributed by atoms with van der Waals surface area (Å²) in [6.45, 7) is 7.70. The average molecular weight is 319 g/mol. The molecule has 124 valence electrons. The van der Waals surface area contributed by atoms with E-state index in [-0.39, 0.29) is 0 Å². The highest BCUT2D eigenvalue weighted by Crippen LogP contribution is 2.22. The van der Waals surface area contributed by atoms with E-state index in [1.165, 1.54) is 16.7 Å². The van der Waals surface area contributed by atoms with Crippen LogP contribution in [0.2, 0.25) is 0 Å². The number of nitrogen functional groups attached to an aromatic ring is 1. The van der Waals surface area contributed by atoms with Gasteiger partial charge < -0.3 is 10.3 Å². The summed E-state index contributed by atoms with van der Waals surface area (Å²) in [5.74, 6) is 3.14. The van der Waals surface area contributed by atoms with Crippen molar-refractivity contribution in [2.45, 2.75) is 20.3 Å². The molecule has 0 aromatic carbocycles. The summed E-state index contributed by atoms with van der Waals surface area (Å²) in [4.78, 5) is 3.86. The van der Waals surface area contributed by atoms with Crippen LogP contribution in [0.15, 0.2) is 55.5 Å². The maximum atomic E-state index is 5.45. The van der Waals surface area contributed by atoms with E-state index in [2.05, 4.69) is 47.4 Å². The summed E-state index contributed by atoms with van der Waals surface area (Å²) >= 11 is 0. The molecule has 0 aliphatic rings. The van der Waals surface area contributed by atoms with Crippen molar-refractivity contribution >= 4 is 17.5 Å². The lowest BCUT2D eigenvalue weighted by Crippen LogP contribution is -1.91. The fraction of sp³-hybridized carbons (Fsp3) is 0.190. The SMILES string of the molecule is C#C/C=C(\C/C=C\C)c1cn(C)cc1C.C=Cc1cccnc1N. The van der Waals surface area contributed by atoms with Gasteiger partial charge in [-0.3, -0.25) is 0 Å². The molecule has 0 atom stereocenters. The first-order chi connectivity index (χ1) is 11.5. The summed E-state index contributed by atoms with van der Waals surface area (Å²) in [6, 6.07) is 3.70. The van der Waals surface area contributed by atoms with Crippen molar-refractivity contribution in [3.63, 3.8) is 0 Å². The lowest BCUT2D eigenvalue weighted by atomic mass is 10.0. The Morgan fingerprint density at radius 3 is 2.67 bits per heavy atom. The Labute approximate surface area is 145 Å². The van der Waals surface area contributed by atoms with Crippen LogP contribution in [0.25, 0.3) is 11.6 Å². The number of hydrogen-bond donors (Lipinski definition) is 1. The number of aromatic nitrogens is 2. The molecule has 0 aliphatic heterocycles. The first kappa shape index (κ1) is 19.1. The minimum Gasteiger partial charge on any atom is -0.383 e. The van der Waals surface area contributed by atoms with Crippen LogP contribution < -0.4 is 5.73 Å². The number of nitrogens with zero attached hydrogens (tertiary/aromatic N) is 2. The second-order valence-electron chi connectivity index (χ2n) is 5.31. The van der Waals surface area contributed by atoms with E-state index in [0.29, 0.717) is 5.82 Å². The summed E-state index contributed by atoms with van der Waals surface area (Å²) in [5, 5.41) is 0. The predicted octanol–water partition coefficient (Wildman–Crippen LogP) is 4.62. The van der Waals surface area contributed by atoms with Crippen LogP contribution in [-0.4, -0.2) is 9.55 Å². The van der Waals surface area contributed by atoms with Gasteiger partial charge in [0, 0.05) is 31.2 Å². The molecule has 3 heteroatoms. The average Bonchev–Trinajstić information content (AvgIpc) is 2.91. The number of rotatable bonds is 4. The molecule has 0 bridgehead atoms. The van der Waals surface area contributed by atoms with Gasteiger partial charge in [-0.05, 0) is 55.2 Å². The molecular formula is C21H25N3. The minimum absolute atomic E-state index is 0.535. The molecule has 2 aromatic heterocycles. The van der Waals surface area contributed by atoms with Crippen molar-refractivity contribution in [1.82, 2.24) is 9.55 Å². The summed E-state index contributed by atoms with van der Waals surface area (Å²) in [7, 11) is 2.03. The molecule has 0 saturated heterocycles. The van der Waals surface area contributed by atoms with Gasteiger partial charge in [0.2, 0.25) is 0 Å². The maximum Gasteiger partial charge on any atom is 0.130 e. The molecule has 0 radical (unpaired) electrons. The van der Waals surface area contributed by atoms with E-state index in [0.717, 1.165) is 12.0 Å². The number of allylic oxidation sites excluding steroid dienone is 4. The third-order valence-corrected chi connectivity index (χ3v) is 3.42. The number of pyridine rings is 1. The molecule has 2 aromatic rings. The predicted molar refractivity (Wildman–Crippen MR) is 105 cm³/mol. The molecule has 0 spiro atoms. The highest BCUT2D eigenvalue weighted by molar-refractivity contribution is 5.71. The van der Waals surface area contributed by atoms with Crippen LogP contribution in [0.4, 0.5) is 5.82 Å². The normalized spacial score (nSPS) is 10.8. The smallest absolute Gasteiger partial charge is 0.130 e. The lowest BCUT2D eigenvalue weighted by molar-refractivity contribution is 0.923. The van der Waals surface area contributed by atoms with E-state index in [4.69, 9.17) is 12.2 Å². The molecule has 0 fully saturated rings. The second-order valence-corrected chi connectivity index (χ2v) is 5.31. The summed E-state index contributed by atoms with van der Waals surface area (Å²) < 4.78 is 2.06. The van der Waals surface area contributed by atoms with Crippen molar-refractivity contribution in [3.05, 3.63) is 72.2 Å². The van der Waals surface area contributed by atoms with Crippen molar-refractivity contribution < 1.29 is 0 Å². The van der Waals surface area contributed by atoms with Crippen LogP contribution in [0.1, 0.15) is 30.0 Å². The largest absolute Gasteiger partial charge is 0.383 e. The standard InChI is InChI=1S/C14H17N.C7H8N2/c1-5-7-9-13(8-6-2)14-11-15(4)10-12(14)3;1-2-6-4-3-5-9-7(6)8/h2,5,7-8,10-11H,9H2,1,3-4H3;2-5H,1H2,(H2,8,9)/b7-5-,13-8+;. The van der Waals surface area contributed by atoms with Crippen molar-refractivity contribution in [2.75, 3.05) is 5.73 Å². The molecule has 24 heavy (non-hydrogen) atoms. The van der Waals surface area contributed by atoms with E-state index in [9.17, 15) is 0 Å². The van der Waals surface area contributed by atoms with E-state index >= 15 is 0 Å². The Hall–Kier alpha value is -2.99. The highest BCUT2D eigenvalue weighted by atomic mass is 14.9. The molecule has 0 saturated carbocycles. The zero-order chi connectivity index (χ0) is 17.9. The molecule has 2 rings (SSSR count). The molecule has 0 unspecified atom stereocenters. The fourth-order valence-corrected chi connectivity index (χ4v) is 2.25. The van der Waals surface area contributed by atoms with E-state index in [1.807, 2.05) is 38.3 Å². The molecule has 2 N–H and O–H groups in total. The topological polar surface area (TPSA) is 43.8 Å². The Morgan fingerprint density at radius 1 is 1.46 bits per heavy atom. The van der Waals surface area contributed by atoms with E-state index < -0.39 is 0 Å². The number of nitrogens with two attached hydrogens (primary N) is 1.